The van der Waals surface area contributed by atoms with Crippen LogP contribution in [0, 0.1) is 0 Å². The second-order valence-electron chi connectivity index (χ2n) is 3.35. The number of carboxylic acids is 1. The summed E-state index contributed by atoms with van der Waals surface area (Å²) in [5, 5.41) is 12.4. The van der Waals surface area contributed by atoms with Crippen molar-refractivity contribution in [3.05, 3.63) is 18.0 Å². The second kappa shape index (κ2) is 2.76. The standard InChI is InChI=1S/C8H8F2N2O2/c9-7(10)12-4-1-5(11-12)8(2-3-8)6(13)14/h1,4,7H,2-3H2,(H,13,14). The second-order valence-corrected chi connectivity index (χ2v) is 3.35. The van der Waals surface area contributed by atoms with Crippen molar-refractivity contribution in [3.63, 3.8) is 0 Å². The fourth-order valence-electron chi connectivity index (χ4n) is 1.41. The van der Waals surface area contributed by atoms with Gasteiger partial charge in [0.1, 0.15) is 5.41 Å². The molecule has 1 aliphatic rings. The number of alkyl halides is 2. The minimum atomic E-state index is -2.71. The van der Waals surface area contributed by atoms with Crippen LogP contribution in [0.3, 0.4) is 0 Å². The molecule has 1 aliphatic carbocycles. The van der Waals surface area contributed by atoms with E-state index in [1.807, 2.05) is 0 Å². The molecule has 76 valence electrons. The SMILES string of the molecule is O=C(O)C1(c2ccn(C(F)F)n2)CC1. The zero-order valence-corrected chi connectivity index (χ0v) is 7.15. The van der Waals surface area contributed by atoms with Crippen molar-refractivity contribution in [2.45, 2.75) is 24.8 Å². The van der Waals surface area contributed by atoms with Crippen LogP contribution >= 0.6 is 0 Å². The fourth-order valence-corrected chi connectivity index (χ4v) is 1.41. The molecule has 0 spiro atoms. The van der Waals surface area contributed by atoms with Gasteiger partial charge in [-0.05, 0) is 18.9 Å². The van der Waals surface area contributed by atoms with Gasteiger partial charge in [0.05, 0.1) is 5.69 Å². The van der Waals surface area contributed by atoms with Crippen molar-refractivity contribution in [2.24, 2.45) is 0 Å². The Bertz CT molecular complexity index is 371. The van der Waals surface area contributed by atoms with Gasteiger partial charge in [0.2, 0.25) is 0 Å². The molecule has 1 heterocycles. The van der Waals surface area contributed by atoms with Crippen LogP contribution < -0.4 is 0 Å². The van der Waals surface area contributed by atoms with Gasteiger partial charge >= 0.3 is 12.5 Å². The van der Waals surface area contributed by atoms with E-state index in [0.717, 1.165) is 6.20 Å². The van der Waals surface area contributed by atoms with Crippen LogP contribution in [0.25, 0.3) is 0 Å². The Balaban J connectivity index is 2.30. The quantitative estimate of drug-likeness (QED) is 0.805. The Labute approximate surface area is 78.1 Å². The summed E-state index contributed by atoms with van der Waals surface area (Å²) in [6, 6.07) is 1.34. The van der Waals surface area contributed by atoms with E-state index in [1.165, 1.54) is 6.07 Å². The van der Waals surface area contributed by atoms with E-state index in [4.69, 9.17) is 5.11 Å². The van der Waals surface area contributed by atoms with Crippen molar-refractivity contribution in [1.82, 2.24) is 9.78 Å². The zero-order valence-electron chi connectivity index (χ0n) is 7.15. The summed E-state index contributed by atoms with van der Waals surface area (Å²) < 4.78 is 24.8. The highest BCUT2D eigenvalue weighted by atomic mass is 19.3. The molecule has 0 aliphatic heterocycles. The molecule has 0 atom stereocenters. The van der Waals surface area contributed by atoms with Gasteiger partial charge < -0.3 is 5.11 Å². The van der Waals surface area contributed by atoms with E-state index < -0.39 is 17.9 Å². The summed E-state index contributed by atoms with van der Waals surface area (Å²) in [4.78, 5) is 10.8. The third-order valence-corrected chi connectivity index (χ3v) is 2.46. The molecule has 0 saturated heterocycles. The van der Waals surface area contributed by atoms with Gasteiger partial charge in [-0.25, -0.2) is 4.68 Å². The number of carbonyl (C=O) groups is 1. The Morgan fingerprint density at radius 3 is 2.64 bits per heavy atom. The summed E-state index contributed by atoms with van der Waals surface area (Å²) in [5.74, 6) is -0.989. The van der Waals surface area contributed by atoms with Gasteiger partial charge in [-0.3, -0.25) is 4.79 Å². The first kappa shape index (κ1) is 9.11. The van der Waals surface area contributed by atoms with Gasteiger partial charge in [-0.2, -0.15) is 13.9 Å². The lowest BCUT2D eigenvalue weighted by molar-refractivity contribution is -0.140. The zero-order chi connectivity index (χ0) is 10.3. The number of rotatable bonds is 3. The van der Waals surface area contributed by atoms with Gasteiger partial charge in [0.25, 0.3) is 0 Å². The lowest BCUT2D eigenvalue weighted by Gasteiger charge is -2.04. The summed E-state index contributed by atoms with van der Waals surface area (Å²) in [5.41, 5.74) is -0.773. The van der Waals surface area contributed by atoms with Gasteiger partial charge in [-0.1, -0.05) is 0 Å². The first-order chi connectivity index (χ1) is 6.56. The number of hydrogen-bond acceptors (Lipinski definition) is 2. The van der Waals surface area contributed by atoms with E-state index in [0.29, 0.717) is 17.5 Å². The smallest absolute Gasteiger partial charge is 0.333 e. The molecule has 1 saturated carbocycles. The van der Waals surface area contributed by atoms with E-state index in [9.17, 15) is 13.6 Å². The summed E-state index contributed by atoms with van der Waals surface area (Å²) in [7, 11) is 0. The Hall–Kier alpha value is -1.46. The summed E-state index contributed by atoms with van der Waals surface area (Å²) in [6.45, 7) is -2.71. The minimum absolute atomic E-state index is 0.227. The lowest BCUT2D eigenvalue weighted by Crippen LogP contribution is -2.20. The van der Waals surface area contributed by atoms with Crippen LogP contribution in [-0.2, 0) is 10.2 Å². The largest absolute Gasteiger partial charge is 0.481 e. The predicted molar refractivity (Wildman–Crippen MR) is 42.0 cm³/mol. The summed E-state index contributed by atoms with van der Waals surface area (Å²) >= 11 is 0. The highest BCUT2D eigenvalue weighted by Gasteiger charge is 2.53. The molecular formula is C8H8F2N2O2. The van der Waals surface area contributed by atoms with Crippen LogP contribution in [0.15, 0.2) is 12.3 Å². The number of halogens is 2. The number of hydrogen-bond donors (Lipinski definition) is 1. The minimum Gasteiger partial charge on any atom is -0.481 e. The first-order valence-corrected chi connectivity index (χ1v) is 4.13. The molecular weight excluding hydrogens is 194 g/mol. The van der Waals surface area contributed by atoms with Crippen LogP contribution in [0.1, 0.15) is 25.1 Å². The molecule has 6 heteroatoms. The van der Waals surface area contributed by atoms with Gasteiger partial charge in [-0.15, -0.1) is 0 Å². The van der Waals surface area contributed by atoms with E-state index in [2.05, 4.69) is 5.10 Å². The predicted octanol–water partition coefficient (Wildman–Crippen LogP) is 1.39. The molecule has 2 rings (SSSR count). The third kappa shape index (κ3) is 1.18. The highest BCUT2D eigenvalue weighted by molar-refractivity contribution is 5.84. The molecule has 0 radical (unpaired) electrons. The molecule has 1 fully saturated rings. The third-order valence-electron chi connectivity index (χ3n) is 2.46. The molecule has 0 aromatic carbocycles. The normalized spacial score (nSPS) is 18.5. The first-order valence-electron chi connectivity index (χ1n) is 4.13. The molecule has 0 bridgehead atoms. The number of aromatic nitrogens is 2. The molecule has 1 aromatic rings. The topological polar surface area (TPSA) is 55.1 Å². The Morgan fingerprint density at radius 2 is 2.29 bits per heavy atom. The molecule has 0 amide bonds. The van der Waals surface area contributed by atoms with Crippen LogP contribution in [0.2, 0.25) is 0 Å². The monoisotopic (exact) mass is 202 g/mol. The molecule has 4 nitrogen and oxygen atoms in total. The van der Waals surface area contributed by atoms with E-state index in [1.54, 1.807) is 0 Å². The average Bonchev–Trinajstić information content (AvgIpc) is 2.77. The average molecular weight is 202 g/mol. The van der Waals surface area contributed by atoms with Crippen molar-refractivity contribution in [2.75, 3.05) is 0 Å². The maximum absolute atomic E-state index is 12.1. The number of aliphatic carboxylic acids is 1. The lowest BCUT2D eigenvalue weighted by atomic mass is 10.0. The van der Waals surface area contributed by atoms with E-state index in [-0.39, 0.29) is 5.69 Å². The highest BCUT2D eigenvalue weighted by Crippen LogP contribution is 2.47. The van der Waals surface area contributed by atoms with Crippen molar-refractivity contribution >= 4 is 5.97 Å². The molecule has 0 unspecified atom stereocenters. The summed E-state index contributed by atoms with van der Waals surface area (Å²) in [6.07, 6.45) is 2.05. The molecule has 14 heavy (non-hydrogen) atoms. The number of nitrogens with zero attached hydrogens (tertiary/aromatic N) is 2. The Kier molecular flexibility index (Phi) is 1.80. The maximum atomic E-state index is 12.1. The van der Waals surface area contributed by atoms with Crippen LogP contribution in [-0.4, -0.2) is 20.9 Å². The number of carboxylic acid groups (broad SMARTS) is 1. The van der Waals surface area contributed by atoms with Crippen LogP contribution in [0.5, 0.6) is 0 Å². The fraction of sp³-hybridized carbons (Fsp3) is 0.500. The van der Waals surface area contributed by atoms with Crippen molar-refractivity contribution in [1.29, 1.82) is 0 Å². The Morgan fingerprint density at radius 1 is 1.64 bits per heavy atom. The van der Waals surface area contributed by atoms with Gasteiger partial charge in [0.15, 0.2) is 0 Å². The van der Waals surface area contributed by atoms with Crippen LogP contribution in [0.4, 0.5) is 8.78 Å². The maximum Gasteiger partial charge on any atom is 0.333 e. The molecule has 1 aromatic heterocycles. The van der Waals surface area contributed by atoms with E-state index >= 15 is 0 Å². The molecule has 1 N–H and O–H groups in total. The van der Waals surface area contributed by atoms with Gasteiger partial charge in [0, 0.05) is 6.20 Å². The van der Waals surface area contributed by atoms with Crippen molar-refractivity contribution < 1.29 is 18.7 Å². The van der Waals surface area contributed by atoms with Crippen molar-refractivity contribution in [3.8, 4) is 0 Å².